The third kappa shape index (κ3) is 5.31. The fourth-order valence-electron chi connectivity index (χ4n) is 3.75. The number of hydrogen-bond donors (Lipinski definition) is 2. The SMILES string of the molecule is O=C(O)CCC(Cc1ccccc1)NC(=O)N1CCCC1c1cccc(F)c1. The molecule has 1 heterocycles. The summed E-state index contributed by atoms with van der Waals surface area (Å²) in [5.41, 5.74) is 1.83. The van der Waals surface area contributed by atoms with Crippen molar-refractivity contribution in [3.8, 4) is 0 Å². The number of halogens is 1. The first-order valence-corrected chi connectivity index (χ1v) is 9.61. The maximum atomic E-state index is 13.6. The number of carboxylic acid groups (broad SMARTS) is 1. The Morgan fingerprint density at radius 2 is 1.96 bits per heavy atom. The van der Waals surface area contributed by atoms with Crippen LogP contribution >= 0.6 is 0 Å². The van der Waals surface area contributed by atoms with Crippen molar-refractivity contribution in [2.45, 2.75) is 44.2 Å². The van der Waals surface area contributed by atoms with E-state index in [0.717, 1.165) is 24.0 Å². The van der Waals surface area contributed by atoms with Crippen LogP contribution in [-0.4, -0.2) is 34.6 Å². The molecule has 6 heteroatoms. The summed E-state index contributed by atoms with van der Waals surface area (Å²) in [7, 11) is 0. The highest BCUT2D eigenvalue weighted by Gasteiger charge is 2.31. The summed E-state index contributed by atoms with van der Waals surface area (Å²) < 4.78 is 13.6. The zero-order chi connectivity index (χ0) is 19.9. The molecule has 2 atom stereocenters. The molecule has 1 saturated heterocycles. The van der Waals surface area contributed by atoms with E-state index in [1.165, 1.54) is 12.1 Å². The van der Waals surface area contributed by atoms with E-state index < -0.39 is 5.97 Å². The molecule has 2 amide bonds. The minimum Gasteiger partial charge on any atom is -0.481 e. The van der Waals surface area contributed by atoms with E-state index in [1.807, 2.05) is 36.4 Å². The Morgan fingerprint density at radius 1 is 1.18 bits per heavy atom. The van der Waals surface area contributed by atoms with Gasteiger partial charge in [0.25, 0.3) is 0 Å². The highest BCUT2D eigenvalue weighted by molar-refractivity contribution is 5.75. The zero-order valence-electron chi connectivity index (χ0n) is 15.7. The molecule has 0 saturated carbocycles. The molecule has 1 aliphatic rings. The van der Waals surface area contributed by atoms with Crippen molar-refractivity contribution in [3.05, 3.63) is 71.5 Å². The number of carbonyl (C=O) groups excluding carboxylic acids is 1. The van der Waals surface area contributed by atoms with Gasteiger partial charge < -0.3 is 15.3 Å². The van der Waals surface area contributed by atoms with Gasteiger partial charge in [-0.1, -0.05) is 42.5 Å². The second kappa shape index (κ2) is 9.35. The Morgan fingerprint density at radius 3 is 2.68 bits per heavy atom. The van der Waals surface area contributed by atoms with Crippen molar-refractivity contribution >= 4 is 12.0 Å². The van der Waals surface area contributed by atoms with Crippen molar-refractivity contribution in [3.63, 3.8) is 0 Å². The van der Waals surface area contributed by atoms with Gasteiger partial charge in [-0.15, -0.1) is 0 Å². The molecule has 0 aromatic heterocycles. The largest absolute Gasteiger partial charge is 0.481 e. The summed E-state index contributed by atoms with van der Waals surface area (Å²) in [6.45, 7) is 0.601. The van der Waals surface area contributed by atoms with Crippen LogP contribution in [0.25, 0.3) is 0 Å². The van der Waals surface area contributed by atoms with E-state index >= 15 is 0 Å². The molecule has 1 fully saturated rings. The molecule has 2 N–H and O–H groups in total. The third-order valence-electron chi connectivity index (χ3n) is 5.11. The number of nitrogens with one attached hydrogen (secondary N) is 1. The highest BCUT2D eigenvalue weighted by atomic mass is 19.1. The number of nitrogens with zero attached hydrogens (tertiary/aromatic N) is 1. The van der Waals surface area contributed by atoms with Crippen molar-refractivity contribution in [1.29, 1.82) is 0 Å². The molecule has 5 nitrogen and oxygen atoms in total. The van der Waals surface area contributed by atoms with E-state index in [1.54, 1.807) is 11.0 Å². The summed E-state index contributed by atoms with van der Waals surface area (Å²) in [6.07, 6.45) is 2.56. The van der Waals surface area contributed by atoms with Gasteiger partial charge in [-0.2, -0.15) is 0 Å². The average molecular weight is 384 g/mol. The summed E-state index contributed by atoms with van der Waals surface area (Å²) in [5, 5.41) is 12.0. The van der Waals surface area contributed by atoms with E-state index in [-0.39, 0.29) is 30.4 Å². The molecule has 0 bridgehead atoms. The number of likely N-dealkylation sites (tertiary alicyclic amines) is 1. The zero-order valence-corrected chi connectivity index (χ0v) is 15.7. The average Bonchev–Trinajstić information content (AvgIpc) is 3.17. The summed E-state index contributed by atoms with van der Waals surface area (Å²) in [6, 6.07) is 15.4. The summed E-state index contributed by atoms with van der Waals surface area (Å²) in [5.74, 6) is -1.20. The first kappa shape index (κ1) is 19.9. The van der Waals surface area contributed by atoms with Crippen LogP contribution in [0, 0.1) is 5.82 Å². The number of amides is 2. The molecule has 28 heavy (non-hydrogen) atoms. The second-order valence-electron chi connectivity index (χ2n) is 7.17. The quantitative estimate of drug-likeness (QED) is 0.753. The standard InChI is InChI=1S/C22H25FN2O3/c23-18-9-4-8-17(15-18)20-10-5-13-25(20)22(28)24-19(11-12-21(26)27)14-16-6-2-1-3-7-16/h1-4,6-9,15,19-20H,5,10-14H2,(H,24,28)(H,26,27). The number of carboxylic acids is 1. The predicted octanol–water partition coefficient (Wildman–Crippen LogP) is 4.15. The molecule has 0 spiro atoms. The predicted molar refractivity (Wildman–Crippen MR) is 104 cm³/mol. The van der Waals surface area contributed by atoms with Crippen LogP contribution in [0.2, 0.25) is 0 Å². The lowest BCUT2D eigenvalue weighted by atomic mass is 10.0. The Kier molecular flexibility index (Phi) is 6.63. The van der Waals surface area contributed by atoms with Gasteiger partial charge in [0.2, 0.25) is 0 Å². The number of benzene rings is 2. The first-order valence-electron chi connectivity index (χ1n) is 9.61. The minimum absolute atomic E-state index is 0.00882. The Hall–Kier alpha value is -2.89. The van der Waals surface area contributed by atoms with Gasteiger partial charge >= 0.3 is 12.0 Å². The topological polar surface area (TPSA) is 69.6 Å². The van der Waals surface area contributed by atoms with Crippen molar-refractivity contribution in [1.82, 2.24) is 10.2 Å². The molecular formula is C22H25FN2O3. The fraction of sp³-hybridized carbons (Fsp3) is 0.364. The number of urea groups is 1. The van der Waals surface area contributed by atoms with Gasteiger partial charge in [0.15, 0.2) is 0 Å². The molecule has 2 unspecified atom stereocenters. The molecule has 2 aromatic carbocycles. The van der Waals surface area contributed by atoms with Gasteiger partial charge in [-0.25, -0.2) is 9.18 Å². The number of carbonyl (C=O) groups is 2. The van der Waals surface area contributed by atoms with Gasteiger partial charge in [0.1, 0.15) is 5.82 Å². The lowest BCUT2D eigenvalue weighted by Gasteiger charge is -2.28. The summed E-state index contributed by atoms with van der Waals surface area (Å²) >= 11 is 0. The monoisotopic (exact) mass is 384 g/mol. The van der Waals surface area contributed by atoms with E-state index in [9.17, 15) is 14.0 Å². The normalized spacial score (nSPS) is 17.3. The molecule has 148 valence electrons. The maximum Gasteiger partial charge on any atom is 0.318 e. The third-order valence-corrected chi connectivity index (χ3v) is 5.11. The Bertz CT molecular complexity index is 812. The first-order chi connectivity index (χ1) is 13.5. The highest BCUT2D eigenvalue weighted by Crippen LogP contribution is 2.32. The molecular weight excluding hydrogens is 359 g/mol. The maximum absolute atomic E-state index is 13.6. The minimum atomic E-state index is -0.883. The smallest absolute Gasteiger partial charge is 0.318 e. The van der Waals surface area contributed by atoms with Gasteiger partial charge in [-0.3, -0.25) is 4.79 Å². The Balaban J connectivity index is 1.69. The van der Waals surface area contributed by atoms with Crippen LogP contribution in [0.4, 0.5) is 9.18 Å². The van der Waals surface area contributed by atoms with Crippen LogP contribution in [0.15, 0.2) is 54.6 Å². The number of hydrogen-bond acceptors (Lipinski definition) is 2. The Labute approximate surface area is 164 Å². The number of aliphatic carboxylic acids is 1. The fourth-order valence-corrected chi connectivity index (χ4v) is 3.75. The van der Waals surface area contributed by atoms with E-state index in [0.29, 0.717) is 19.4 Å². The van der Waals surface area contributed by atoms with Crippen LogP contribution in [0.1, 0.15) is 42.9 Å². The molecule has 0 aliphatic carbocycles. The lowest BCUT2D eigenvalue weighted by Crippen LogP contribution is -2.45. The molecule has 0 radical (unpaired) electrons. The van der Waals surface area contributed by atoms with Crippen molar-refractivity contribution in [2.24, 2.45) is 0 Å². The number of rotatable bonds is 7. The van der Waals surface area contributed by atoms with Gasteiger partial charge in [0.05, 0.1) is 6.04 Å². The van der Waals surface area contributed by atoms with Crippen LogP contribution in [-0.2, 0) is 11.2 Å². The van der Waals surface area contributed by atoms with Crippen LogP contribution < -0.4 is 5.32 Å². The van der Waals surface area contributed by atoms with Gasteiger partial charge in [0, 0.05) is 19.0 Å². The lowest BCUT2D eigenvalue weighted by molar-refractivity contribution is -0.137. The van der Waals surface area contributed by atoms with Gasteiger partial charge in [-0.05, 0) is 48.9 Å². The van der Waals surface area contributed by atoms with Crippen molar-refractivity contribution < 1.29 is 19.1 Å². The second-order valence-corrected chi connectivity index (χ2v) is 7.17. The van der Waals surface area contributed by atoms with Crippen molar-refractivity contribution in [2.75, 3.05) is 6.54 Å². The molecule has 3 rings (SSSR count). The summed E-state index contributed by atoms with van der Waals surface area (Å²) in [4.78, 5) is 25.7. The van der Waals surface area contributed by atoms with Crippen LogP contribution in [0.5, 0.6) is 0 Å². The molecule has 1 aliphatic heterocycles. The van der Waals surface area contributed by atoms with Crippen LogP contribution in [0.3, 0.4) is 0 Å². The van der Waals surface area contributed by atoms with E-state index in [4.69, 9.17) is 5.11 Å². The van der Waals surface area contributed by atoms with E-state index in [2.05, 4.69) is 5.32 Å². The molecule has 2 aromatic rings.